The Kier molecular flexibility index (Phi) is 7.43. The highest BCUT2D eigenvalue weighted by Crippen LogP contribution is 2.36. The third kappa shape index (κ3) is 6.67. The molecule has 1 fully saturated rings. The summed E-state index contributed by atoms with van der Waals surface area (Å²) in [6.07, 6.45) is -4.73. The van der Waals surface area contributed by atoms with Gasteiger partial charge in [-0.05, 0) is 59.4 Å². The lowest BCUT2D eigenvalue weighted by atomic mass is 9.96. The average molecular weight is 537 g/mol. The van der Waals surface area contributed by atoms with Gasteiger partial charge in [-0.15, -0.1) is 0 Å². The second-order valence-electron chi connectivity index (χ2n) is 9.04. The first-order valence-corrected chi connectivity index (χ1v) is 11.5. The Bertz CT molecular complexity index is 1340. The Morgan fingerprint density at radius 3 is 2.21 bits per heavy atom. The second kappa shape index (κ2) is 10.4. The Morgan fingerprint density at radius 1 is 0.895 bits per heavy atom. The number of amides is 1. The molecule has 4 rings (SSSR count). The number of hydrogen-bond acceptors (Lipinski definition) is 4. The van der Waals surface area contributed by atoms with Crippen LogP contribution in [0.3, 0.4) is 0 Å². The van der Waals surface area contributed by atoms with Crippen molar-refractivity contribution in [3.63, 3.8) is 0 Å². The molecular formula is C26H21F6N3O3. The molecule has 200 valence electrons. The number of hydrogen-bond donors (Lipinski definition) is 1. The SMILES string of the molecule is O=C(O)Cc1cncc(-c2ccc(C(F)(F)F)cc2CN(Cc2ccc(C(F)(F)F)nc2)C(=O)C2CC2)c1. The highest BCUT2D eigenvalue weighted by atomic mass is 19.4. The van der Waals surface area contributed by atoms with Crippen molar-refractivity contribution >= 4 is 11.9 Å². The van der Waals surface area contributed by atoms with Crippen LogP contribution in [0.25, 0.3) is 11.1 Å². The summed E-state index contributed by atoms with van der Waals surface area (Å²) in [4.78, 5) is 32.9. The molecule has 1 aromatic carbocycles. The van der Waals surface area contributed by atoms with Gasteiger partial charge in [-0.3, -0.25) is 19.6 Å². The first kappa shape index (κ1) is 27.1. The monoisotopic (exact) mass is 537 g/mol. The number of benzene rings is 1. The third-order valence-corrected chi connectivity index (χ3v) is 5.98. The normalized spacial score (nSPS) is 13.8. The molecule has 0 spiro atoms. The first-order chi connectivity index (χ1) is 17.8. The highest BCUT2D eigenvalue weighted by Gasteiger charge is 2.36. The van der Waals surface area contributed by atoms with Gasteiger partial charge in [-0.2, -0.15) is 26.3 Å². The molecule has 1 N–H and O–H groups in total. The van der Waals surface area contributed by atoms with E-state index in [9.17, 15) is 35.9 Å². The first-order valence-electron chi connectivity index (χ1n) is 11.5. The van der Waals surface area contributed by atoms with Gasteiger partial charge in [0.15, 0.2) is 0 Å². The Balaban J connectivity index is 1.72. The summed E-state index contributed by atoms with van der Waals surface area (Å²) in [5.41, 5.74) is -0.619. The molecule has 1 amide bonds. The molecule has 0 radical (unpaired) electrons. The molecule has 3 aromatic rings. The maximum atomic E-state index is 13.6. The van der Waals surface area contributed by atoms with Gasteiger partial charge in [0, 0.05) is 43.2 Å². The zero-order valence-electron chi connectivity index (χ0n) is 19.7. The number of aliphatic carboxylic acids is 1. The molecule has 38 heavy (non-hydrogen) atoms. The maximum Gasteiger partial charge on any atom is 0.433 e. The summed E-state index contributed by atoms with van der Waals surface area (Å²) >= 11 is 0. The summed E-state index contributed by atoms with van der Waals surface area (Å²) in [5, 5.41) is 9.08. The van der Waals surface area contributed by atoms with Crippen molar-refractivity contribution in [1.82, 2.24) is 14.9 Å². The molecular weight excluding hydrogens is 516 g/mol. The fourth-order valence-electron chi connectivity index (χ4n) is 4.00. The van der Waals surface area contributed by atoms with E-state index >= 15 is 0 Å². The Morgan fingerprint density at radius 2 is 1.63 bits per heavy atom. The summed E-state index contributed by atoms with van der Waals surface area (Å²) in [6.45, 7) is -0.424. The van der Waals surface area contributed by atoms with Crippen molar-refractivity contribution in [2.45, 2.75) is 44.7 Å². The van der Waals surface area contributed by atoms with Crippen molar-refractivity contribution in [2.24, 2.45) is 5.92 Å². The molecule has 1 aliphatic carbocycles. The molecule has 2 aromatic heterocycles. The maximum absolute atomic E-state index is 13.6. The number of carboxylic acids is 1. The molecule has 6 nitrogen and oxygen atoms in total. The molecule has 0 unspecified atom stereocenters. The van der Waals surface area contributed by atoms with Crippen LogP contribution in [0.4, 0.5) is 26.3 Å². The van der Waals surface area contributed by atoms with E-state index in [2.05, 4.69) is 9.97 Å². The predicted molar refractivity (Wildman–Crippen MR) is 122 cm³/mol. The number of carboxylic acid groups (broad SMARTS) is 1. The van der Waals surface area contributed by atoms with Gasteiger partial charge in [-0.1, -0.05) is 12.1 Å². The van der Waals surface area contributed by atoms with E-state index in [1.165, 1.54) is 35.5 Å². The minimum Gasteiger partial charge on any atom is -0.481 e. The molecule has 0 aliphatic heterocycles. The smallest absolute Gasteiger partial charge is 0.433 e. The lowest BCUT2D eigenvalue weighted by molar-refractivity contribution is -0.141. The van der Waals surface area contributed by atoms with Crippen LogP contribution in [0, 0.1) is 5.92 Å². The highest BCUT2D eigenvalue weighted by molar-refractivity contribution is 5.81. The predicted octanol–water partition coefficient (Wildman–Crippen LogP) is 5.75. The van der Waals surface area contributed by atoms with Gasteiger partial charge < -0.3 is 10.0 Å². The van der Waals surface area contributed by atoms with Crippen LogP contribution in [0.5, 0.6) is 0 Å². The molecule has 0 saturated heterocycles. The lowest BCUT2D eigenvalue weighted by Gasteiger charge is -2.25. The molecule has 0 bridgehead atoms. The van der Waals surface area contributed by atoms with Gasteiger partial charge in [0.25, 0.3) is 0 Å². The van der Waals surface area contributed by atoms with Gasteiger partial charge >= 0.3 is 18.3 Å². The number of carbonyl (C=O) groups excluding carboxylic acids is 1. The van der Waals surface area contributed by atoms with Crippen LogP contribution in [0.2, 0.25) is 0 Å². The quantitative estimate of drug-likeness (QED) is 0.370. The molecule has 1 saturated carbocycles. The zero-order valence-corrected chi connectivity index (χ0v) is 19.7. The number of pyridine rings is 2. The van der Waals surface area contributed by atoms with Crippen LogP contribution < -0.4 is 0 Å². The van der Waals surface area contributed by atoms with Gasteiger partial charge in [0.1, 0.15) is 5.69 Å². The van der Waals surface area contributed by atoms with Crippen molar-refractivity contribution in [3.8, 4) is 11.1 Å². The summed E-state index contributed by atoms with van der Waals surface area (Å²) in [6, 6.07) is 6.49. The third-order valence-electron chi connectivity index (χ3n) is 5.98. The van der Waals surface area contributed by atoms with Crippen molar-refractivity contribution in [1.29, 1.82) is 0 Å². The van der Waals surface area contributed by atoms with Crippen molar-refractivity contribution < 1.29 is 41.0 Å². The fourth-order valence-corrected chi connectivity index (χ4v) is 4.00. The fraction of sp³-hybridized carbons (Fsp3) is 0.308. The zero-order chi connectivity index (χ0) is 27.7. The van der Waals surface area contributed by atoms with Gasteiger partial charge in [0.05, 0.1) is 12.0 Å². The molecule has 1 aliphatic rings. The van der Waals surface area contributed by atoms with E-state index in [1.54, 1.807) is 0 Å². The average Bonchev–Trinajstić information content (AvgIpc) is 3.68. The van der Waals surface area contributed by atoms with Crippen molar-refractivity contribution in [2.75, 3.05) is 0 Å². The van der Waals surface area contributed by atoms with Crippen LogP contribution in [-0.2, 0) is 41.5 Å². The van der Waals surface area contributed by atoms with Crippen LogP contribution >= 0.6 is 0 Å². The van der Waals surface area contributed by atoms with E-state index in [0.717, 1.165) is 24.4 Å². The van der Waals surface area contributed by atoms with E-state index in [1.807, 2.05) is 0 Å². The summed E-state index contributed by atoms with van der Waals surface area (Å²) in [7, 11) is 0. The summed E-state index contributed by atoms with van der Waals surface area (Å²) < 4.78 is 79.4. The van der Waals surface area contributed by atoms with E-state index < -0.39 is 29.6 Å². The number of alkyl halides is 6. The number of carbonyl (C=O) groups is 2. The van der Waals surface area contributed by atoms with Crippen molar-refractivity contribution in [3.05, 3.63) is 82.9 Å². The molecule has 0 atom stereocenters. The molecule has 12 heteroatoms. The largest absolute Gasteiger partial charge is 0.481 e. The molecule has 2 heterocycles. The standard InChI is InChI=1S/C26H21F6N3O3/c27-25(28,29)20-4-5-21(18-7-16(8-23(36)37)10-33-12-18)19(9-20)14-35(24(38)17-2-3-17)13-15-1-6-22(34-11-15)26(30,31)32/h1,4-7,9-12,17H,2-3,8,13-14H2,(H,36,37). The Labute approximate surface area is 212 Å². The van der Waals surface area contributed by atoms with Gasteiger partial charge in [-0.25, -0.2) is 0 Å². The summed E-state index contributed by atoms with van der Waals surface area (Å²) in [5.74, 6) is -1.75. The van der Waals surface area contributed by atoms with E-state index in [-0.39, 0.29) is 42.5 Å². The number of nitrogens with zero attached hydrogens (tertiary/aromatic N) is 3. The van der Waals surface area contributed by atoms with Crippen LogP contribution in [0.15, 0.2) is 55.0 Å². The van der Waals surface area contributed by atoms with Crippen LogP contribution in [0.1, 0.15) is 40.8 Å². The minimum atomic E-state index is -4.67. The van der Waals surface area contributed by atoms with Gasteiger partial charge in [0.2, 0.25) is 5.91 Å². The minimum absolute atomic E-state index is 0.128. The van der Waals surface area contributed by atoms with E-state index in [4.69, 9.17) is 5.11 Å². The lowest BCUT2D eigenvalue weighted by Crippen LogP contribution is -2.31. The second-order valence-corrected chi connectivity index (χ2v) is 9.04. The number of halogens is 6. The Hall–Kier alpha value is -3.96. The number of aromatic nitrogens is 2. The topological polar surface area (TPSA) is 83.4 Å². The van der Waals surface area contributed by atoms with E-state index in [0.29, 0.717) is 29.5 Å². The van der Waals surface area contributed by atoms with Crippen LogP contribution in [-0.4, -0.2) is 31.9 Å². The number of rotatable bonds is 8.